The van der Waals surface area contributed by atoms with Gasteiger partial charge in [0, 0.05) is 49.8 Å². The molecule has 8 heteroatoms. The third-order valence-corrected chi connectivity index (χ3v) is 4.29. The number of H-pyrrole nitrogens is 1. The molecule has 2 aromatic heterocycles. The summed E-state index contributed by atoms with van der Waals surface area (Å²) in [5.74, 6) is 2.50. The van der Waals surface area contributed by atoms with E-state index >= 15 is 0 Å². The van der Waals surface area contributed by atoms with Crippen LogP contribution in [0.25, 0.3) is 0 Å². The molecule has 0 radical (unpaired) electrons. The van der Waals surface area contributed by atoms with E-state index in [-0.39, 0.29) is 5.91 Å². The van der Waals surface area contributed by atoms with Gasteiger partial charge in [-0.2, -0.15) is 10.1 Å². The zero-order chi connectivity index (χ0) is 17.8. The van der Waals surface area contributed by atoms with Gasteiger partial charge in [0.1, 0.15) is 11.6 Å². The summed E-state index contributed by atoms with van der Waals surface area (Å²) in [5, 5.41) is 10.1. The van der Waals surface area contributed by atoms with Gasteiger partial charge in [-0.25, -0.2) is 4.98 Å². The Balaban J connectivity index is 1.72. The minimum Gasteiger partial charge on any atom is -0.478 e. The monoisotopic (exact) mass is 344 g/mol. The fraction of sp³-hybridized carbons (Fsp3) is 0.529. The number of hydrogen-bond donors (Lipinski definition) is 2. The molecule has 1 atom stereocenters. The third-order valence-electron chi connectivity index (χ3n) is 4.29. The Kier molecular flexibility index (Phi) is 5.16. The maximum absolute atomic E-state index is 11.1. The number of carbonyl (C=O) groups excluding carboxylic acids is 1. The number of nitrogens with one attached hydrogen (secondary N) is 2. The van der Waals surface area contributed by atoms with E-state index in [4.69, 9.17) is 4.74 Å². The van der Waals surface area contributed by atoms with Crippen molar-refractivity contribution in [3.8, 4) is 5.88 Å². The van der Waals surface area contributed by atoms with Crippen LogP contribution in [-0.4, -0.2) is 45.8 Å². The molecule has 1 aliphatic heterocycles. The van der Waals surface area contributed by atoms with Crippen LogP contribution in [0.2, 0.25) is 0 Å². The second kappa shape index (κ2) is 7.50. The molecule has 1 saturated heterocycles. The van der Waals surface area contributed by atoms with Crippen molar-refractivity contribution >= 4 is 11.7 Å². The van der Waals surface area contributed by atoms with Crippen LogP contribution in [0.1, 0.15) is 43.3 Å². The van der Waals surface area contributed by atoms with E-state index in [1.165, 1.54) is 6.92 Å². The van der Waals surface area contributed by atoms with Crippen LogP contribution in [0.4, 0.5) is 5.82 Å². The molecule has 1 fully saturated rings. The van der Waals surface area contributed by atoms with Crippen LogP contribution in [0.15, 0.2) is 12.3 Å². The van der Waals surface area contributed by atoms with Gasteiger partial charge in [0.25, 0.3) is 0 Å². The van der Waals surface area contributed by atoms with E-state index < -0.39 is 0 Å². The van der Waals surface area contributed by atoms with E-state index in [9.17, 15) is 4.79 Å². The predicted molar refractivity (Wildman–Crippen MR) is 93.6 cm³/mol. The molecule has 0 spiro atoms. The van der Waals surface area contributed by atoms with Crippen molar-refractivity contribution in [1.82, 2.24) is 25.5 Å². The summed E-state index contributed by atoms with van der Waals surface area (Å²) in [7, 11) is 0. The van der Waals surface area contributed by atoms with Crippen LogP contribution >= 0.6 is 0 Å². The van der Waals surface area contributed by atoms with Crippen LogP contribution in [0.5, 0.6) is 5.88 Å². The van der Waals surface area contributed by atoms with E-state index in [1.807, 2.05) is 19.9 Å². The van der Waals surface area contributed by atoms with Crippen molar-refractivity contribution in [2.24, 2.45) is 0 Å². The Hall–Kier alpha value is -2.64. The fourth-order valence-electron chi connectivity index (χ4n) is 3.15. The first-order valence-electron chi connectivity index (χ1n) is 8.56. The summed E-state index contributed by atoms with van der Waals surface area (Å²) in [5.41, 5.74) is 2.13. The molecule has 134 valence electrons. The number of amides is 1. The van der Waals surface area contributed by atoms with Gasteiger partial charge >= 0.3 is 0 Å². The number of anilines is 1. The summed E-state index contributed by atoms with van der Waals surface area (Å²) >= 11 is 0. The highest BCUT2D eigenvalue weighted by molar-refractivity contribution is 5.72. The molecular formula is C17H24N6O2. The Bertz CT molecular complexity index is 744. The molecule has 1 amide bonds. The quantitative estimate of drug-likeness (QED) is 0.825. The highest BCUT2D eigenvalue weighted by Crippen LogP contribution is 2.31. The van der Waals surface area contributed by atoms with Gasteiger partial charge in [0.15, 0.2) is 0 Å². The average Bonchev–Trinajstić information content (AvgIpc) is 3.21. The number of hydrogen-bond acceptors (Lipinski definition) is 6. The Morgan fingerprint density at radius 2 is 2.32 bits per heavy atom. The van der Waals surface area contributed by atoms with Crippen LogP contribution in [-0.2, 0) is 11.3 Å². The van der Waals surface area contributed by atoms with Crippen LogP contribution in [0.3, 0.4) is 0 Å². The lowest BCUT2D eigenvalue weighted by molar-refractivity contribution is -0.119. The van der Waals surface area contributed by atoms with E-state index in [1.54, 1.807) is 6.20 Å². The summed E-state index contributed by atoms with van der Waals surface area (Å²) < 4.78 is 5.53. The minimum absolute atomic E-state index is 0.0416. The number of aryl methyl sites for hydroxylation is 1. The highest BCUT2D eigenvalue weighted by atomic mass is 16.5. The molecule has 1 aliphatic rings. The lowest BCUT2D eigenvalue weighted by Gasteiger charge is -2.18. The van der Waals surface area contributed by atoms with Gasteiger partial charge in [-0.3, -0.25) is 9.89 Å². The minimum atomic E-state index is -0.0416. The number of aromatic nitrogens is 4. The van der Waals surface area contributed by atoms with Crippen LogP contribution < -0.4 is 15.0 Å². The molecule has 3 rings (SSSR count). The molecular weight excluding hydrogens is 320 g/mol. The van der Waals surface area contributed by atoms with E-state index in [2.05, 4.69) is 30.4 Å². The third kappa shape index (κ3) is 4.07. The number of aromatic amines is 1. The fourth-order valence-corrected chi connectivity index (χ4v) is 3.15. The summed E-state index contributed by atoms with van der Waals surface area (Å²) in [6, 6.07) is 1.89. The SMILES string of the molecule is CCOc1cc(N2CCC(c3[nH]ncc3CNC(C)=O)C2)nc(C)n1. The van der Waals surface area contributed by atoms with Crippen molar-refractivity contribution < 1.29 is 9.53 Å². The molecule has 3 heterocycles. The molecule has 25 heavy (non-hydrogen) atoms. The second-order valence-corrected chi connectivity index (χ2v) is 6.19. The summed E-state index contributed by atoms with van der Waals surface area (Å²) in [4.78, 5) is 22.2. The molecule has 2 aromatic rings. The summed E-state index contributed by atoms with van der Waals surface area (Å²) in [6.45, 7) is 8.17. The smallest absolute Gasteiger partial charge is 0.218 e. The molecule has 0 aliphatic carbocycles. The number of carbonyl (C=O) groups is 1. The molecule has 0 saturated carbocycles. The van der Waals surface area contributed by atoms with Crippen LogP contribution in [0, 0.1) is 6.92 Å². The second-order valence-electron chi connectivity index (χ2n) is 6.19. The molecule has 0 bridgehead atoms. The van der Waals surface area contributed by atoms with Gasteiger partial charge in [0.2, 0.25) is 11.8 Å². The van der Waals surface area contributed by atoms with Gasteiger partial charge in [-0.15, -0.1) is 0 Å². The lowest BCUT2D eigenvalue weighted by atomic mass is 10.0. The van der Waals surface area contributed by atoms with Crippen molar-refractivity contribution in [1.29, 1.82) is 0 Å². The maximum Gasteiger partial charge on any atom is 0.218 e. The number of ether oxygens (including phenoxy) is 1. The predicted octanol–water partition coefficient (Wildman–Crippen LogP) is 1.54. The van der Waals surface area contributed by atoms with Crippen molar-refractivity contribution in [2.45, 2.75) is 39.7 Å². The molecule has 0 aromatic carbocycles. The van der Waals surface area contributed by atoms with Crippen molar-refractivity contribution in [2.75, 3.05) is 24.6 Å². The van der Waals surface area contributed by atoms with Crippen molar-refractivity contribution in [3.05, 3.63) is 29.3 Å². The first-order chi connectivity index (χ1) is 12.1. The highest BCUT2D eigenvalue weighted by Gasteiger charge is 2.28. The Morgan fingerprint density at radius 3 is 3.08 bits per heavy atom. The maximum atomic E-state index is 11.1. The largest absolute Gasteiger partial charge is 0.478 e. The van der Waals surface area contributed by atoms with Gasteiger partial charge < -0.3 is 15.0 Å². The molecule has 1 unspecified atom stereocenters. The molecule has 2 N–H and O–H groups in total. The standard InChI is InChI=1S/C17H24N6O2/c1-4-25-16-7-15(20-11(2)21-16)23-6-5-13(10-23)17-14(9-19-22-17)8-18-12(3)24/h7,9,13H,4-6,8,10H2,1-3H3,(H,18,24)(H,19,22). The normalized spacial score (nSPS) is 16.9. The number of rotatable bonds is 6. The van der Waals surface area contributed by atoms with Gasteiger partial charge in [-0.05, 0) is 20.3 Å². The summed E-state index contributed by atoms with van der Waals surface area (Å²) in [6.07, 6.45) is 2.79. The van der Waals surface area contributed by atoms with E-state index in [0.717, 1.165) is 36.6 Å². The van der Waals surface area contributed by atoms with Crippen molar-refractivity contribution in [3.63, 3.8) is 0 Å². The lowest BCUT2D eigenvalue weighted by Crippen LogP contribution is -2.22. The molecule has 8 nitrogen and oxygen atoms in total. The first kappa shape index (κ1) is 17.2. The number of nitrogens with zero attached hydrogens (tertiary/aromatic N) is 4. The Morgan fingerprint density at radius 1 is 1.48 bits per heavy atom. The first-order valence-corrected chi connectivity index (χ1v) is 8.56. The topological polar surface area (TPSA) is 96.0 Å². The Labute approximate surface area is 147 Å². The average molecular weight is 344 g/mol. The van der Waals surface area contributed by atoms with Gasteiger partial charge in [0.05, 0.1) is 12.8 Å². The zero-order valence-electron chi connectivity index (χ0n) is 14.9. The zero-order valence-corrected chi connectivity index (χ0v) is 14.9. The van der Waals surface area contributed by atoms with E-state index in [0.29, 0.717) is 30.8 Å². The van der Waals surface area contributed by atoms with Gasteiger partial charge in [-0.1, -0.05) is 0 Å².